The van der Waals surface area contributed by atoms with Crippen molar-refractivity contribution in [3.05, 3.63) is 33.8 Å². The summed E-state index contributed by atoms with van der Waals surface area (Å²) < 4.78 is 27.8. The van der Waals surface area contributed by atoms with E-state index >= 15 is 0 Å². The molecule has 20 heavy (non-hydrogen) atoms. The summed E-state index contributed by atoms with van der Waals surface area (Å²) in [5.74, 6) is -3.56. The van der Waals surface area contributed by atoms with E-state index in [-0.39, 0.29) is 17.6 Å². The van der Waals surface area contributed by atoms with Gasteiger partial charge in [-0.3, -0.25) is 9.59 Å². The molecule has 1 heterocycles. The zero-order valence-corrected chi connectivity index (χ0v) is 11.9. The standard InChI is InChI=1S/C12H12BrF2N3O2/c13-6-3-7(14)10(8(15)4-6)12(20)18-2-1-17-5-9(18)11(16)19/h3-4,9,17H,1-2,5H2,(H2,16,19). The second kappa shape index (κ2) is 5.84. The van der Waals surface area contributed by atoms with Crippen LogP contribution >= 0.6 is 15.9 Å². The quantitative estimate of drug-likeness (QED) is 0.823. The van der Waals surface area contributed by atoms with Gasteiger partial charge in [-0.05, 0) is 12.1 Å². The lowest BCUT2D eigenvalue weighted by Crippen LogP contribution is -2.58. The van der Waals surface area contributed by atoms with Crippen molar-refractivity contribution >= 4 is 27.7 Å². The van der Waals surface area contributed by atoms with Crippen molar-refractivity contribution in [3.8, 4) is 0 Å². The highest BCUT2D eigenvalue weighted by Crippen LogP contribution is 2.22. The second-order valence-electron chi connectivity index (χ2n) is 4.37. The van der Waals surface area contributed by atoms with Crippen LogP contribution in [-0.2, 0) is 4.79 Å². The normalized spacial score (nSPS) is 18.9. The van der Waals surface area contributed by atoms with Crippen LogP contribution in [0.5, 0.6) is 0 Å². The minimum Gasteiger partial charge on any atom is -0.368 e. The molecule has 8 heteroatoms. The van der Waals surface area contributed by atoms with E-state index in [1.54, 1.807) is 0 Å². The van der Waals surface area contributed by atoms with Gasteiger partial charge >= 0.3 is 0 Å². The largest absolute Gasteiger partial charge is 0.368 e. The number of hydrogen-bond acceptors (Lipinski definition) is 3. The fraction of sp³-hybridized carbons (Fsp3) is 0.333. The molecule has 108 valence electrons. The molecule has 2 rings (SSSR count). The van der Waals surface area contributed by atoms with Gasteiger partial charge in [0, 0.05) is 24.1 Å². The van der Waals surface area contributed by atoms with Gasteiger partial charge in [0.2, 0.25) is 5.91 Å². The maximum absolute atomic E-state index is 13.8. The maximum atomic E-state index is 13.8. The first-order valence-corrected chi connectivity index (χ1v) is 6.66. The second-order valence-corrected chi connectivity index (χ2v) is 5.28. The van der Waals surface area contributed by atoms with E-state index in [1.807, 2.05) is 0 Å². The van der Waals surface area contributed by atoms with E-state index in [0.717, 1.165) is 17.0 Å². The van der Waals surface area contributed by atoms with Gasteiger partial charge in [0.25, 0.3) is 5.91 Å². The van der Waals surface area contributed by atoms with Crippen LogP contribution in [0.1, 0.15) is 10.4 Å². The Kier molecular flexibility index (Phi) is 4.34. The molecule has 0 saturated carbocycles. The zero-order valence-electron chi connectivity index (χ0n) is 10.3. The first-order chi connectivity index (χ1) is 9.41. The molecule has 3 N–H and O–H groups in total. The van der Waals surface area contributed by atoms with Crippen LogP contribution in [0.2, 0.25) is 0 Å². The summed E-state index contributed by atoms with van der Waals surface area (Å²) in [6.45, 7) is 0.748. The Labute approximate surface area is 122 Å². The van der Waals surface area contributed by atoms with Crippen molar-refractivity contribution in [2.75, 3.05) is 19.6 Å². The molecule has 2 amide bonds. The Morgan fingerprint density at radius 2 is 1.95 bits per heavy atom. The highest BCUT2D eigenvalue weighted by Gasteiger charge is 2.33. The van der Waals surface area contributed by atoms with Crippen molar-refractivity contribution in [2.45, 2.75) is 6.04 Å². The number of amides is 2. The number of benzene rings is 1. The molecular formula is C12H12BrF2N3O2. The number of carbonyl (C=O) groups excluding carboxylic acids is 2. The van der Waals surface area contributed by atoms with Crippen molar-refractivity contribution in [1.29, 1.82) is 0 Å². The van der Waals surface area contributed by atoms with Crippen LogP contribution < -0.4 is 11.1 Å². The van der Waals surface area contributed by atoms with Crippen LogP contribution in [0.3, 0.4) is 0 Å². The van der Waals surface area contributed by atoms with E-state index in [9.17, 15) is 18.4 Å². The van der Waals surface area contributed by atoms with Gasteiger partial charge in [-0.25, -0.2) is 8.78 Å². The number of halogens is 3. The van der Waals surface area contributed by atoms with Gasteiger partial charge in [0.15, 0.2) is 0 Å². The Morgan fingerprint density at radius 1 is 1.35 bits per heavy atom. The first-order valence-electron chi connectivity index (χ1n) is 5.87. The van der Waals surface area contributed by atoms with Crippen molar-refractivity contribution < 1.29 is 18.4 Å². The van der Waals surface area contributed by atoms with Crippen LogP contribution in [0.25, 0.3) is 0 Å². The third-order valence-electron chi connectivity index (χ3n) is 3.05. The predicted molar refractivity (Wildman–Crippen MR) is 70.9 cm³/mol. The van der Waals surface area contributed by atoms with Gasteiger partial charge in [0.05, 0.1) is 0 Å². The lowest BCUT2D eigenvalue weighted by molar-refractivity contribution is -0.122. The molecule has 0 bridgehead atoms. The van der Waals surface area contributed by atoms with Gasteiger partial charge < -0.3 is 16.0 Å². The smallest absolute Gasteiger partial charge is 0.260 e. The SMILES string of the molecule is NC(=O)C1CNCCN1C(=O)c1c(F)cc(Br)cc1F. The summed E-state index contributed by atoms with van der Waals surface area (Å²) in [6, 6.07) is 1.08. The van der Waals surface area contributed by atoms with Crippen LogP contribution in [0.15, 0.2) is 16.6 Å². The van der Waals surface area contributed by atoms with Crippen molar-refractivity contribution in [1.82, 2.24) is 10.2 Å². The van der Waals surface area contributed by atoms with Gasteiger partial charge in [-0.15, -0.1) is 0 Å². The lowest BCUT2D eigenvalue weighted by atomic mass is 10.1. The van der Waals surface area contributed by atoms with Crippen molar-refractivity contribution in [3.63, 3.8) is 0 Å². The van der Waals surface area contributed by atoms with Crippen LogP contribution in [-0.4, -0.2) is 42.4 Å². The average Bonchev–Trinajstić information content (AvgIpc) is 2.37. The molecule has 0 aromatic heterocycles. The number of nitrogens with two attached hydrogens (primary N) is 1. The Hall–Kier alpha value is -1.54. The molecule has 0 spiro atoms. The molecule has 1 unspecified atom stereocenters. The molecule has 1 aromatic rings. The fourth-order valence-electron chi connectivity index (χ4n) is 2.09. The predicted octanol–water partition coefficient (Wildman–Crippen LogP) is 0.627. The monoisotopic (exact) mass is 347 g/mol. The summed E-state index contributed by atoms with van der Waals surface area (Å²) in [7, 11) is 0. The molecule has 0 radical (unpaired) electrons. The van der Waals surface area contributed by atoms with Crippen molar-refractivity contribution in [2.24, 2.45) is 5.73 Å². The molecule has 1 aromatic carbocycles. The minimum absolute atomic E-state index is 0.154. The van der Waals surface area contributed by atoms with Gasteiger partial charge in [0.1, 0.15) is 23.2 Å². The average molecular weight is 348 g/mol. The number of nitrogens with zero attached hydrogens (tertiary/aromatic N) is 1. The number of nitrogens with one attached hydrogen (secondary N) is 1. The van der Waals surface area contributed by atoms with E-state index in [0.29, 0.717) is 6.54 Å². The summed E-state index contributed by atoms with van der Waals surface area (Å²) in [5, 5.41) is 2.90. The summed E-state index contributed by atoms with van der Waals surface area (Å²) in [4.78, 5) is 24.7. The van der Waals surface area contributed by atoms with E-state index < -0.39 is 35.1 Å². The third-order valence-corrected chi connectivity index (χ3v) is 3.51. The third kappa shape index (κ3) is 2.80. The fourth-order valence-corrected chi connectivity index (χ4v) is 2.49. The Balaban J connectivity index is 2.37. The van der Waals surface area contributed by atoms with E-state index in [1.165, 1.54) is 0 Å². The summed E-state index contributed by atoms with van der Waals surface area (Å²) in [6.07, 6.45) is 0. The Bertz CT molecular complexity index is 545. The highest BCUT2D eigenvalue weighted by atomic mass is 79.9. The molecular weight excluding hydrogens is 336 g/mol. The lowest BCUT2D eigenvalue weighted by Gasteiger charge is -2.34. The molecule has 1 aliphatic rings. The number of carbonyl (C=O) groups is 2. The summed E-state index contributed by atoms with van der Waals surface area (Å²) >= 11 is 2.94. The zero-order chi connectivity index (χ0) is 14.9. The van der Waals surface area contributed by atoms with Crippen LogP contribution in [0, 0.1) is 11.6 Å². The molecule has 0 aliphatic carbocycles. The van der Waals surface area contributed by atoms with Gasteiger partial charge in [-0.2, -0.15) is 0 Å². The highest BCUT2D eigenvalue weighted by molar-refractivity contribution is 9.10. The molecule has 1 atom stereocenters. The molecule has 1 saturated heterocycles. The van der Waals surface area contributed by atoms with E-state index in [4.69, 9.17) is 5.73 Å². The Morgan fingerprint density at radius 3 is 2.50 bits per heavy atom. The molecule has 1 aliphatic heterocycles. The minimum atomic E-state index is -0.983. The number of piperazine rings is 1. The summed E-state index contributed by atoms with van der Waals surface area (Å²) in [5.41, 5.74) is 4.53. The number of rotatable bonds is 2. The molecule has 5 nitrogen and oxygen atoms in total. The first kappa shape index (κ1) is 14.9. The van der Waals surface area contributed by atoms with Gasteiger partial charge in [-0.1, -0.05) is 15.9 Å². The number of primary amides is 1. The maximum Gasteiger partial charge on any atom is 0.260 e. The molecule has 1 fully saturated rings. The van der Waals surface area contributed by atoms with E-state index in [2.05, 4.69) is 21.2 Å². The number of hydrogen-bond donors (Lipinski definition) is 2. The topological polar surface area (TPSA) is 75.4 Å². The van der Waals surface area contributed by atoms with Crippen LogP contribution in [0.4, 0.5) is 8.78 Å².